The molecule has 4 rings (SSSR count). The zero-order chi connectivity index (χ0) is 16.3. The monoisotopic (exact) mass is 308 g/mol. The third-order valence-corrected chi connectivity index (χ3v) is 4.94. The van der Waals surface area contributed by atoms with Crippen molar-refractivity contribution >= 4 is 27.6 Å². The summed E-state index contributed by atoms with van der Waals surface area (Å²) in [6, 6.07) is 8.70. The lowest BCUT2D eigenvalue weighted by Crippen LogP contribution is -2.21. The Morgan fingerprint density at radius 2 is 1.70 bits per heavy atom. The van der Waals surface area contributed by atoms with E-state index in [1.165, 1.54) is 12.1 Å². The Labute approximate surface area is 133 Å². The van der Waals surface area contributed by atoms with Gasteiger partial charge in [-0.1, -0.05) is 30.4 Å². The van der Waals surface area contributed by atoms with E-state index < -0.39 is 12.2 Å². The van der Waals surface area contributed by atoms with E-state index in [1.54, 1.807) is 6.08 Å². The van der Waals surface area contributed by atoms with Crippen molar-refractivity contribution in [2.75, 3.05) is 0 Å². The maximum absolute atomic E-state index is 13.5. The standard InChI is InChI=1S/C20H17FO2/c1-10-15-7-8-17(22)20(23)19(15)11(2)14-5-3-12-9-13(21)4-6-16(12)18(10)14/h3-9,17,20,22-23H,1-2H3. The molecule has 2 unspecified atom stereocenters. The molecular weight excluding hydrogens is 291 g/mol. The molecule has 3 aromatic carbocycles. The van der Waals surface area contributed by atoms with Crippen molar-refractivity contribution in [1.29, 1.82) is 0 Å². The summed E-state index contributed by atoms with van der Waals surface area (Å²) in [7, 11) is 0. The minimum atomic E-state index is -0.915. The van der Waals surface area contributed by atoms with E-state index in [1.807, 2.05) is 38.1 Å². The smallest absolute Gasteiger partial charge is 0.123 e. The highest BCUT2D eigenvalue weighted by Gasteiger charge is 2.27. The van der Waals surface area contributed by atoms with E-state index in [-0.39, 0.29) is 5.82 Å². The molecule has 2 N–H and O–H groups in total. The van der Waals surface area contributed by atoms with Gasteiger partial charge in [0, 0.05) is 0 Å². The Hall–Kier alpha value is -2.23. The Balaban J connectivity index is 2.21. The summed E-state index contributed by atoms with van der Waals surface area (Å²) in [5.41, 5.74) is 3.74. The maximum atomic E-state index is 13.5. The second kappa shape index (κ2) is 4.88. The summed E-state index contributed by atoms with van der Waals surface area (Å²) in [5.74, 6) is -0.248. The molecule has 0 bridgehead atoms. The molecular formula is C20H17FO2. The van der Waals surface area contributed by atoms with Gasteiger partial charge in [-0.05, 0) is 69.8 Å². The average Bonchev–Trinajstić information content (AvgIpc) is 2.54. The molecule has 2 nitrogen and oxygen atoms in total. The molecule has 0 radical (unpaired) electrons. The van der Waals surface area contributed by atoms with Gasteiger partial charge in [0.15, 0.2) is 0 Å². The van der Waals surface area contributed by atoms with Crippen LogP contribution in [0, 0.1) is 19.7 Å². The number of aliphatic hydroxyl groups excluding tert-OH is 2. The predicted octanol–water partition coefficient (Wildman–Crippen LogP) is 4.17. The van der Waals surface area contributed by atoms with E-state index in [0.717, 1.165) is 43.8 Å². The fraction of sp³-hybridized carbons (Fsp3) is 0.200. The molecule has 0 heterocycles. The van der Waals surface area contributed by atoms with Crippen LogP contribution in [0.1, 0.15) is 28.4 Å². The molecule has 0 aliphatic heterocycles. The predicted molar refractivity (Wildman–Crippen MR) is 90.9 cm³/mol. The van der Waals surface area contributed by atoms with Crippen molar-refractivity contribution in [3.63, 3.8) is 0 Å². The van der Waals surface area contributed by atoms with Gasteiger partial charge in [0.2, 0.25) is 0 Å². The Morgan fingerprint density at radius 3 is 2.48 bits per heavy atom. The van der Waals surface area contributed by atoms with Crippen molar-refractivity contribution in [1.82, 2.24) is 0 Å². The molecule has 1 aliphatic rings. The van der Waals surface area contributed by atoms with Crippen LogP contribution in [0.4, 0.5) is 4.39 Å². The number of aryl methyl sites for hydroxylation is 2. The van der Waals surface area contributed by atoms with Gasteiger partial charge in [-0.2, -0.15) is 0 Å². The minimum Gasteiger partial charge on any atom is -0.386 e. The highest BCUT2D eigenvalue weighted by Crippen LogP contribution is 2.40. The SMILES string of the molecule is Cc1c2c(c(C)c3c1ccc1cc(F)ccc13)C=CC(O)C2O. The van der Waals surface area contributed by atoms with Crippen molar-refractivity contribution in [2.24, 2.45) is 0 Å². The Bertz CT molecular complexity index is 988. The Morgan fingerprint density at radius 1 is 0.957 bits per heavy atom. The van der Waals surface area contributed by atoms with Gasteiger partial charge in [0.25, 0.3) is 0 Å². The van der Waals surface area contributed by atoms with E-state index in [9.17, 15) is 14.6 Å². The number of hydrogen-bond donors (Lipinski definition) is 2. The molecule has 3 heteroatoms. The molecule has 1 aliphatic carbocycles. The number of aliphatic hydroxyl groups is 2. The number of hydrogen-bond acceptors (Lipinski definition) is 2. The number of fused-ring (bicyclic) bond motifs is 4. The Kier molecular flexibility index (Phi) is 3.05. The molecule has 0 spiro atoms. The largest absolute Gasteiger partial charge is 0.386 e. The van der Waals surface area contributed by atoms with Crippen LogP contribution in [0.5, 0.6) is 0 Å². The third kappa shape index (κ3) is 1.94. The topological polar surface area (TPSA) is 40.5 Å². The first-order valence-corrected chi connectivity index (χ1v) is 7.68. The van der Waals surface area contributed by atoms with Gasteiger partial charge in [-0.3, -0.25) is 0 Å². The minimum absolute atomic E-state index is 0.248. The van der Waals surface area contributed by atoms with Crippen molar-refractivity contribution in [3.8, 4) is 0 Å². The normalized spacial score (nSPS) is 20.2. The molecule has 0 aromatic heterocycles. The first-order chi connectivity index (χ1) is 11.0. The van der Waals surface area contributed by atoms with Crippen LogP contribution >= 0.6 is 0 Å². The third-order valence-electron chi connectivity index (χ3n) is 4.94. The van der Waals surface area contributed by atoms with Gasteiger partial charge in [-0.25, -0.2) is 4.39 Å². The molecule has 0 fully saturated rings. The fourth-order valence-electron chi connectivity index (χ4n) is 3.77. The van der Waals surface area contributed by atoms with Gasteiger partial charge < -0.3 is 10.2 Å². The number of halogens is 1. The second-order valence-electron chi connectivity index (χ2n) is 6.23. The summed E-state index contributed by atoms with van der Waals surface area (Å²) in [5, 5.41) is 24.3. The first-order valence-electron chi connectivity index (χ1n) is 7.68. The van der Waals surface area contributed by atoms with Gasteiger partial charge in [0.05, 0.1) is 0 Å². The number of rotatable bonds is 0. The molecule has 0 amide bonds. The molecule has 0 saturated heterocycles. The fourth-order valence-corrected chi connectivity index (χ4v) is 3.77. The van der Waals surface area contributed by atoms with E-state index >= 15 is 0 Å². The lowest BCUT2D eigenvalue weighted by molar-refractivity contribution is 0.0466. The zero-order valence-corrected chi connectivity index (χ0v) is 13.0. The van der Waals surface area contributed by atoms with Gasteiger partial charge >= 0.3 is 0 Å². The van der Waals surface area contributed by atoms with Crippen LogP contribution in [0.3, 0.4) is 0 Å². The van der Waals surface area contributed by atoms with E-state index in [4.69, 9.17) is 0 Å². The first kappa shape index (κ1) is 14.4. The molecule has 23 heavy (non-hydrogen) atoms. The van der Waals surface area contributed by atoms with Crippen LogP contribution < -0.4 is 0 Å². The second-order valence-corrected chi connectivity index (χ2v) is 6.23. The highest BCUT2D eigenvalue weighted by molar-refractivity contribution is 6.11. The van der Waals surface area contributed by atoms with Crippen molar-refractivity contribution in [2.45, 2.75) is 26.1 Å². The summed E-state index contributed by atoms with van der Waals surface area (Å²) in [4.78, 5) is 0. The van der Waals surface area contributed by atoms with E-state index in [0.29, 0.717) is 0 Å². The molecule has 2 atom stereocenters. The quantitative estimate of drug-likeness (QED) is 0.612. The lowest BCUT2D eigenvalue weighted by Gasteiger charge is -2.27. The summed E-state index contributed by atoms with van der Waals surface area (Å²) in [6.45, 7) is 3.98. The summed E-state index contributed by atoms with van der Waals surface area (Å²) < 4.78 is 13.5. The van der Waals surface area contributed by atoms with Crippen molar-refractivity contribution in [3.05, 3.63) is 64.5 Å². The van der Waals surface area contributed by atoms with Crippen LogP contribution in [-0.2, 0) is 0 Å². The highest BCUT2D eigenvalue weighted by atomic mass is 19.1. The van der Waals surface area contributed by atoms with Crippen molar-refractivity contribution < 1.29 is 14.6 Å². The van der Waals surface area contributed by atoms with Gasteiger partial charge in [-0.15, -0.1) is 0 Å². The zero-order valence-electron chi connectivity index (χ0n) is 13.0. The van der Waals surface area contributed by atoms with Crippen LogP contribution in [0.2, 0.25) is 0 Å². The van der Waals surface area contributed by atoms with Crippen LogP contribution in [-0.4, -0.2) is 16.3 Å². The average molecular weight is 308 g/mol. The van der Waals surface area contributed by atoms with Crippen LogP contribution in [0.15, 0.2) is 36.4 Å². The molecule has 3 aromatic rings. The summed E-state index contributed by atoms with van der Waals surface area (Å²) in [6.07, 6.45) is 1.70. The number of benzene rings is 3. The molecule has 0 saturated carbocycles. The molecule has 116 valence electrons. The van der Waals surface area contributed by atoms with Crippen LogP contribution in [0.25, 0.3) is 27.6 Å². The van der Waals surface area contributed by atoms with Gasteiger partial charge in [0.1, 0.15) is 18.0 Å². The maximum Gasteiger partial charge on any atom is 0.123 e. The lowest BCUT2D eigenvalue weighted by atomic mass is 9.82. The summed E-state index contributed by atoms with van der Waals surface area (Å²) >= 11 is 0. The van der Waals surface area contributed by atoms with E-state index in [2.05, 4.69) is 0 Å².